The maximum absolute atomic E-state index is 12.0. The van der Waals surface area contributed by atoms with E-state index in [4.69, 9.17) is 4.74 Å². The molecule has 1 heterocycles. The molecule has 0 atom stereocenters. The number of nitrogens with one attached hydrogen (secondary N) is 1. The summed E-state index contributed by atoms with van der Waals surface area (Å²) in [7, 11) is 0. The number of benzene rings is 1. The zero-order valence-electron chi connectivity index (χ0n) is 12.8. The van der Waals surface area contributed by atoms with Gasteiger partial charge in [-0.3, -0.25) is 4.79 Å². The van der Waals surface area contributed by atoms with Crippen LogP contribution < -0.4 is 5.32 Å². The van der Waals surface area contributed by atoms with Crippen LogP contribution in [0.4, 0.5) is 5.82 Å². The van der Waals surface area contributed by atoms with E-state index in [1.807, 2.05) is 25.1 Å². The Labute approximate surface area is 130 Å². The third-order valence-corrected chi connectivity index (χ3v) is 4.04. The first kappa shape index (κ1) is 14.8. The number of hydrogen-bond donors (Lipinski definition) is 1. The number of ether oxygens (including phenoxy) is 1. The quantitative estimate of drug-likeness (QED) is 0.878. The summed E-state index contributed by atoms with van der Waals surface area (Å²) in [6, 6.07) is 5.98. The molecule has 5 heteroatoms. The van der Waals surface area contributed by atoms with Crippen LogP contribution in [0.5, 0.6) is 0 Å². The van der Waals surface area contributed by atoms with Crippen LogP contribution in [-0.2, 0) is 9.53 Å². The molecular weight excluding hydrogens is 278 g/mol. The lowest BCUT2D eigenvalue weighted by Gasteiger charge is -2.21. The second-order valence-corrected chi connectivity index (χ2v) is 5.85. The van der Waals surface area contributed by atoms with Crippen LogP contribution in [-0.4, -0.2) is 28.6 Å². The number of carbonyl (C=O) groups is 1. The van der Waals surface area contributed by atoms with Crippen molar-refractivity contribution in [1.29, 1.82) is 0 Å². The van der Waals surface area contributed by atoms with Gasteiger partial charge in [-0.15, -0.1) is 0 Å². The largest absolute Gasteiger partial charge is 0.461 e. The number of hydrogen-bond acceptors (Lipinski definition) is 5. The van der Waals surface area contributed by atoms with Crippen LogP contribution in [0.2, 0.25) is 0 Å². The molecule has 0 amide bonds. The Morgan fingerprint density at radius 1 is 1.27 bits per heavy atom. The highest BCUT2D eigenvalue weighted by Crippen LogP contribution is 2.22. The molecule has 1 aliphatic rings. The zero-order chi connectivity index (χ0) is 15.4. The Balaban J connectivity index is 1.63. The van der Waals surface area contributed by atoms with Crippen LogP contribution in [0.25, 0.3) is 10.9 Å². The van der Waals surface area contributed by atoms with Gasteiger partial charge >= 0.3 is 5.97 Å². The van der Waals surface area contributed by atoms with Crippen LogP contribution in [0.15, 0.2) is 24.5 Å². The summed E-state index contributed by atoms with van der Waals surface area (Å²) in [5.41, 5.74) is 2.00. The summed E-state index contributed by atoms with van der Waals surface area (Å²) in [5.74, 6) is 0.459. The lowest BCUT2D eigenvalue weighted by Crippen LogP contribution is -2.25. The number of esters is 1. The van der Waals surface area contributed by atoms with E-state index < -0.39 is 0 Å². The van der Waals surface area contributed by atoms with E-state index in [1.165, 1.54) is 12.7 Å². The van der Waals surface area contributed by atoms with Gasteiger partial charge in [-0.25, -0.2) is 9.97 Å². The van der Waals surface area contributed by atoms with E-state index in [-0.39, 0.29) is 18.6 Å². The molecule has 3 rings (SSSR count). The molecule has 5 nitrogen and oxygen atoms in total. The van der Waals surface area contributed by atoms with Crippen molar-refractivity contribution in [2.24, 2.45) is 0 Å². The minimum atomic E-state index is -0.216. The van der Waals surface area contributed by atoms with Crippen molar-refractivity contribution in [3.05, 3.63) is 30.1 Å². The van der Waals surface area contributed by atoms with Gasteiger partial charge < -0.3 is 10.1 Å². The molecule has 0 unspecified atom stereocenters. The Kier molecular flexibility index (Phi) is 4.51. The number of rotatable bonds is 4. The summed E-state index contributed by atoms with van der Waals surface area (Å²) >= 11 is 0. The van der Waals surface area contributed by atoms with Gasteiger partial charge in [0.1, 0.15) is 24.8 Å². The van der Waals surface area contributed by atoms with Gasteiger partial charge in [-0.1, -0.05) is 18.1 Å². The summed E-state index contributed by atoms with van der Waals surface area (Å²) in [5, 5.41) is 4.00. The fourth-order valence-corrected chi connectivity index (χ4v) is 2.88. The summed E-state index contributed by atoms with van der Waals surface area (Å²) in [6.45, 7) is 2.16. The first-order valence-corrected chi connectivity index (χ1v) is 7.87. The van der Waals surface area contributed by atoms with Crippen molar-refractivity contribution >= 4 is 22.7 Å². The maximum Gasteiger partial charge on any atom is 0.325 e. The highest BCUT2D eigenvalue weighted by atomic mass is 16.5. The van der Waals surface area contributed by atoms with Gasteiger partial charge in [-0.05, 0) is 44.7 Å². The molecule has 1 aromatic carbocycles. The average Bonchev–Trinajstić information content (AvgIpc) is 2.54. The van der Waals surface area contributed by atoms with E-state index in [9.17, 15) is 4.79 Å². The molecule has 1 N–H and O–H groups in total. The van der Waals surface area contributed by atoms with E-state index in [0.29, 0.717) is 5.82 Å². The van der Waals surface area contributed by atoms with Crippen molar-refractivity contribution in [2.45, 2.75) is 45.1 Å². The molecule has 0 aliphatic heterocycles. The van der Waals surface area contributed by atoms with E-state index in [2.05, 4.69) is 15.3 Å². The highest BCUT2D eigenvalue weighted by molar-refractivity contribution is 5.90. The lowest BCUT2D eigenvalue weighted by molar-refractivity contribution is -0.148. The molecule has 1 fully saturated rings. The van der Waals surface area contributed by atoms with Crippen LogP contribution >= 0.6 is 0 Å². The minimum absolute atomic E-state index is 0.0902. The standard InChI is InChI=1S/C17H21N3O2/c1-12-7-8-15-14(9-12)17(20-11-19-15)18-10-16(21)22-13-5-3-2-4-6-13/h7-9,11,13H,2-6,10H2,1H3,(H,18,19,20). The number of carbonyl (C=O) groups excluding carboxylic acids is 1. The summed E-state index contributed by atoms with van der Waals surface area (Å²) < 4.78 is 5.50. The predicted octanol–water partition coefficient (Wildman–Crippen LogP) is 3.23. The molecule has 0 bridgehead atoms. The Morgan fingerprint density at radius 2 is 2.09 bits per heavy atom. The average molecular weight is 299 g/mol. The van der Waals surface area contributed by atoms with Gasteiger partial charge in [0.15, 0.2) is 0 Å². The van der Waals surface area contributed by atoms with E-state index in [1.54, 1.807) is 0 Å². The van der Waals surface area contributed by atoms with Gasteiger partial charge in [-0.2, -0.15) is 0 Å². The van der Waals surface area contributed by atoms with Crippen LogP contribution in [0.1, 0.15) is 37.7 Å². The van der Waals surface area contributed by atoms with Crippen molar-refractivity contribution in [1.82, 2.24) is 9.97 Å². The topological polar surface area (TPSA) is 64.1 Å². The zero-order valence-corrected chi connectivity index (χ0v) is 12.8. The predicted molar refractivity (Wildman–Crippen MR) is 85.7 cm³/mol. The van der Waals surface area contributed by atoms with Crippen LogP contribution in [0.3, 0.4) is 0 Å². The fraction of sp³-hybridized carbons (Fsp3) is 0.471. The number of aryl methyl sites for hydroxylation is 1. The second-order valence-electron chi connectivity index (χ2n) is 5.85. The molecule has 1 saturated carbocycles. The molecule has 116 valence electrons. The molecule has 2 aromatic rings. The molecule has 22 heavy (non-hydrogen) atoms. The molecule has 0 spiro atoms. The number of fused-ring (bicyclic) bond motifs is 1. The van der Waals surface area contributed by atoms with Gasteiger partial charge in [0.05, 0.1) is 5.52 Å². The van der Waals surface area contributed by atoms with Crippen molar-refractivity contribution in [3.63, 3.8) is 0 Å². The number of aromatic nitrogens is 2. The normalized spacial score (nSPS) is 15.7. The highest BCUT2D eigenvalue weighted by Gasteiger charge is 2.17. The van der Waals surface area contributed by atoms with E-state index in [0.717, 1.165) is 42.1 Å². The minimum Gasteiger partial charge on any atom is -0.461 e. The summed E-state index contributed by atoms with van der Waals surface area (Å²) in [4.78, 5) is 20.4. The molecule has 0 radical (unpaired) electrons. The van der Waals surface area contributed by atoms with Crippen molar-refractivity contribution < 1.29 is 9.53 Å². The fourth-order valence-electron chi connectivity index (χ4n) is 2.88. The van der Waals surface area contributed by atoms with Crippen molar-refractivity contribution in [3.8, 4) is 0 Å². The summed E-state index contributed by atoms with van der Waals surface area (Å²) in [6.07, 6.45) is 7.13. The second kappa shape index (κ2) is 6.73. The Morgan fingerprint density at radius 3 is 2.91 bits per heavy atom. The molecule has 0 saturated heterocycles. The Hall–Kier alpha value is -2.17. The Bertz CT molecular complexity index is 666. The third kappa shape index (κ3) is 3.53. The maximum atomic E-state index is 12.0. The molecule has 1 aliphatic carbocycles. The monoisotopic (exact) mass is 299 g/mol. The van der Waals surface area contributed by atoms with E-state index >= 15 is 0 Å². The number of nitrogens with zero attached hydrogens (tertiary/aromatic N) is 2. The van der Waals surface area contributed by atoms with Gasteiger partial charge in [0, 0.05) is 5.39 Å². The van der Waals surface area contributed by atoms with Crippen molar-refractivity contribution in [2.75, 3.05) is 11.9 Å². The first-order chi connectivity index (χ1) is 10.7. The molecular formula is C17H21N3O2. The van der Waals surface area contributed by atoms with Gasteiger partial charge in [0.25, 0.3) is 0 Å². The molecule has 1 aromatic heterocycles. The van der Waals surface area contributed by atoms with Gasteiger partial charge in [0.2, 0.25) is 0 Å². The smallest absolute Gasteiger partial charge is 0.325 e. The van der Waals surface area contributed by atoms with Crippen LogP contribution in [0, 0.1) is 6.92 Å². The SMILES string of the molecule is Cc1ccc2ncnc(NCC(=O)OC3CCCCC3)c2c1. The first-order valence-electron chi connectivity index (χ1n) is 7.87. The lowest BCUT2D eigenvalue weighted by atomic mass is 9.98. The third-order valence-electron chi connectivity index (χ3n) is 4.04. The number of anilines is 1.